The monoisotopic (exact) mass is 473 g/mol. The number of rotatable bonds is 5. The molecule has 3 aromatic carbocycles. The Kier molecular flexibility index (Phi) is 5.95. The number of hydrogen-bond acceptors (Lipinski definition) is 6. The van der Waals surface area contributed by atoms with Gasteiger partial charge >= 0.3 is 0 Å². The summed E-state index contributed by atoms with van der Waals surface area (Å²) in [7, 11) is -3.64. The second-order valence-corrected chi connectivity index (χ2v) is 9.90. The number of anilines is 2. The van der Waals surface area contributed by atoms with Crippen LogP contribution in [-0.2, 0) is 10.0 Å². The Balaban J connectivity index is 1.27. The van der Waals surface area contributed by atoms with Crippen LogP contribution in [0, 0.1) is 0 Å². The van der Waals surface area contributed by atoms with Crippen molar-refractivity contribution in [2.24, 2.45) is 0 Å². The summed E-state index contributed by atoms with van der Waals surface area (Å²) < 4.78 is 27.7. The molecule has 1 fully saturated rings. The number of piperazine rings is 1. The van der Waals surface area contributed by atoms with Crippen LogP contribution in [0.3, 0.4) is 0 Å². The number of nitrogens with zero attached hydrogens (tertiary/aromatic N) is 4. The lowest BCUT2D eigenvalue weighted by molar-refractivity contribution is 0.102. The standard InChI is InChI=1S/C25H23N5O3S/c31-25(23-7-3-5-19-4-1-2-6-22(19)23)28-20-8-10-21(11-9-20)34(32,33)30-16-14-29(15-17-30)24-18-26-12-13-27-24/h1-13,18H,14-17H2,(H,28,31). The molecule has 4 aromatic rings. The maximum Gasteiger partial charge on any atom is 0.256 e. The highest BCUT2D eigenvalue weighted by atomic mass is 32.2. The predicted octanol–water partition coefficient (Wildman–Crippen LogP) is 3.39. The molecule has 1 aliphatic rings. The average Bonchev–Trinajstić information content (AvgIpc) is 2.89. The van der Waals surface area contributed by atoms with E-state index in [1.165, 1.54) is 16.4 Å². The van der Waals surface area contributed by atoms with Crippen molar-refractivity contribution < 1.29 is 13.2 Å². The Morgan fingerprint density at radius 3 is 2.32 bits per heavy atom. The van der Waals surface area contributed by atoms with Gasteiger partial charge in [0.15, 0.2) is 0 Å². The maximum atomic E-state index is 13.1. The van der Waals surface area contributed by atoms with Gasteiger partial charge in [0.05, 0.1) is 11.1 Å². The summed E-state index contributed by atoms with van der Waals surface area (Å²) >= 11 is 0. The van der Waals surface area contributed by atoms with Crippen LogP contribution in [0.2, 0.25) is 0 Å². The van der Waals surface area contributed by atoms with E-state index >= 15 is 0 Å². The first-order valence-electron chi connectivity index (χ1n) is 10.9. The molecule has 1 aliphatic heterocycles. The summed E-state index contributed by atoms with van der Waals surface area (Å²) in [5.74, 6) is 0.498. The molecule has 34 heavy (non-hydrogen) atoms. The molecule has 0 aliphatic carbocycles. The molecule has 0 atom stereocenters. The topological polar surface area (TPSA) is 95.5 Å². The fraction of sp³-hybridized carbons (Fsp3) is 0.160. The highest BCUT2D eigenvalue weighted by molar-refractivity contribution is 7.89. The van der Waals surface area contributed by atoms with Crippen molar-refractivity contribution in [3.8, 4) is 0 Å². The van der Waals surface area contributed by atoms with Gasteiger partial charge in [0.25, 0.3) is 5.91 Å². The number of sulfonamides is 1. The molecule has 5 rings (SSSR count). The number of hydrogen-bond donors (Lipinski definition) is 1. The summed E-state index contributed by atoms with van der Waals surface area (Å²) in [5.41, 5.74) is 1.10. The van der Waals surface area contributed by atoms with E-state index in [4.69, 9.17) is 0 Å². The third-order valence-corrected chi connectivity index (χ3v) is 7.81. The maximum absolute atomic E-state index is 13.1. The molecule has 0 radical (unpaired) electrons. The van der Waals surface area contributed by atoms with Gasteiger partial charge in [-0.15, -0.1) is 0 Å². The van der Waals surface area contributed by atoms with Crippen LogP contribution in [0.1, 0.15) is 10.4 Å². The molecule has 9 heteroatoms. The fourth-order valence-corrected chi connectivity index (χ4v) is 5.52. The number of aromatic nitrogens is 2. The summed E-state index contributed by atoms with van der Waals surface area (Å²) in [6, 6.07) is 19.6. The molecule has 8 nitrogen and oxygen atoms in total. The molecular formula is C25H23N5O3S. The quantitative estimate of drug-likeness (QED) is 0.477. The van der Waals surface area contributed by atoms with Gasteiger partial charge in [-0.2, -0.15) is 4.31 Å². The summed E-state index contributed by atoms with van der Waals surface area (Å²) in [6.07, 6.45) is 4.91. The lowest BCUT2D eigenvalue weighted by Gasteiger charge is -2.34. The molecule has 2 heterocycles. The van der Waals surface area contributed by atoms with Crippen molar-refractivity contribution in [3.63, 3.8) is 0 Å². The molecule has 0 saturated carbocycles. The molecule has 1 amide bonds. The molecule has 1 saturated heterocycles. The molecule has 1 N–H and O–H groups in total. The van der Waals surface area contributed by atoms with Gasteiger partial charge in [-0.3, -0.25) is 9.78 Å². The highest BCUT2D eigenvalue weighted by Gasteiger charge is 2.29. The summed E-state index contributed by atoms with van der Waals surface area (Å²) in [5, 5.41) is 4.71. The molecule has 1 aromatic heterocycles. The van der Waals surface area contributed by atoms with Crippen molar-refractivity contribution in [2.45, 2.75) is 4.90 Å². The Labute approximate surface area is 197 Å². The van der Waals surface area contributed by atoms with Gasteiger partial charge in [-0.1, -0.05) is 36.4 Å². The van der Waals surface area contributed by atoms with Gasteiger partial charge in [-0.25, -0.2) is 13.4 Å². The molecular weight excluding hydrogens is 450 g/mol. The number of fused-ring (bicyclic) bond motifs is 1. The Morgan fingerprint density at radius 1 is 0.853 bits per heavy atom. The lowest BCUT2D eigenvalue weighted by Crippen LogP contribution is -2.48. The minimum Gasteiger partial charge on any atom is -0.353 e. The van der Waals surface area contributed by atoms with Crippen LogP contribution in [0.4, 0.5) is 11.5 Å². The van der Waals surface area contributed by atoms with Crippen molar-refractivity contribution in [1.29, 1.82) is 0 Å². The van der Waals surface area contributed by atoms with E-state index in [0.29, 0.717) is 37.4 Å². The van der Waals surface area contributed by atoms with Crippen molar-refractivity contribution in [1.82, 2.24) is 14.3 Å². The van der Waals surface area contributed by atoms with Gasteiger partial charge in [0.1, 0.15) is 5.82 Å². The van der Waals surface area contributed by atoms with Crippen LogP contribution >= 0.6 is 0 Å². The van der Waals surface area contributed by atoms with E-state index in [9.17, 15) is 13.2 Å². The summed E-state index contributed by atoms with van der Waals surface area (Å²) in [6.45, 7) is 1.80. The van der Waals surface area contributed by atoms with Crippen LogP contribution in [0.15, 0.2) is 90.2 Å². The fourth-order valence-electron chi connectivity index (χ4n) is 4.09. The van der Waals surface area contributed by atoms with Gasteiger partial charge in [0, 0.05) is 49.8 Å². The Hall–Kier alpha value is -3.82. The predicted molar refractivity (Wildman–Crippen MR) is 131 cm³/mol. The van der Waals surface area contributed by atoms with Gasteiger partial charge < -0.3 is 10.2 Å². The van der Waals surface area contributed by atoms with Crippen molar-refractivity contribution in [2.75, 3.05) is 36.4 Å². The first-order valence-corrected chi connectivity index (χ1v) is 12.4. The first kappa shape index (κ1) is 22.0. The molecule has 0 bridgehead atoms. The zero-order chi connectivity index (χ0) is 23.5. The molecule has 172 valence electrons. The number of benzene rings is 3. The molecule has 0 unspecified atom stereocenters. The zero-order valence-electron chi connectivity index (χ0n) is 18.3. The second kappa shape index (κ2) is 9.20. The lowest BCUT2D eigenvalue weighted by atomic mass is 10.0. The van der Waals surface area contributed by atoms with Crippen molar-refractivity contribution in [3.05, 3.63) is 90.9 Å². The number of nitrogens with one attached hydrogen (secondary N) is 1. The third-order valence-electron chi connectivity index (χ3n) is 5.90. The Bertz CT molecular complexity index is 1410. The van der Waals surface area contributed by atoms with Gasteiger partial charge in [-0.05, 0) is 41.1 Å². The van der Waals surface area contributed by atoms with E-state index in [2.05, 4.69) is 15.3 Å². The number of amides is 1. The van der Waals surface area contributed by atoms with Crippen LogP contribution in [-0.4, -0.2) is 54.8 Å². The highest BCUT2D eigenvalue weighted by Crippen LogP contribution is 2.23. The van der Waals surface area contributed by atoms with E-state index < -0.39 is 10.0 Å². The van der Waals surface area contributed by atoms with Crippen LogP contribution < -0.4 is 10.2 Å². The van der Waals surface area contributed by atoms with Crippen molar-refractivity contribution >= 4 is 38.2 Å². The van der Waals surface area contributed by atoms with E-state index in [0.717, 1.165) is 16.6 Å². The second-order valence-electron chi connectivity index (χ2n) is 7.96. The smallest absolute Gasteiger partial charge is 0.256 e. The largest absolute Gasteiger partial charge is 0.353 e. The third kappa shape index (κ3) is 4.35. The van der Waals surface area contributed by atoms with E-state index in [1.807, 2.05) is 41.3 Å². The normalized spacial score (nSPS) is 14.8. The SMILES string of the molecule is O=C(Nc1ccc(S(=O)(=O)N2CCN(c3cnccn3)CC2)cc1)c1cccc2ccccc12. The zero-order valence-corrected chi connectivity index (χ0v) is 19.1. The van der Waals surface area contributed by atoms with Gasteiger partial charge in [0.2, 0.25) is 10.0 Å². The molecule has 0 spiro atoms. The number of carbonyl (C=O) groups is 1. The van der Waals surface area contributed by atoms with E-state index in [1.54, 1.807) is 36.8 Å². The first-order chi connectivity index (χ1) is 16.5. The minimum atomic E-state index is -3.64. The Morgan fingerprint density at radius 2 is 1.59 bits per heavy atom. The number of carbonyl (C=O) groups excluding carboxylic acids is 1. The average molecular weight is 474 g/mol. The van der Waals surface area contributed by atoms with Crippen LogP contribution in [0.5, 0.6) is 0 Å². The minimum absolute atomic E-state index is 0.198. The van der Waals surface area contributed by atoms with Crippen LogP contribution in [0.25, 0.3) is 10.8 Å². The summed E-state index contributed by atoms with van der Waals surface area (Å²) in [4.78, 5) is 23.4. The van der Waals surface area contributed by atoms with E-state index in [-0.39, 0.29) is 10.8 Å².